The number of nitrogens with zero attached hydrogens (tertiary/aromatic N) is 2. The number of rotatable bonds is 7. The maximum atomic E-state index is 12.4. The molecule has 0 spiro atoms. The molecule has 118 valence electrons. The molecule has 5 heteroatoms. The molecule has 0 bridgehead atoms. The molecule has 1 aliphatic rings. The Bertz CT molecular complexity index is 490. The molecule has 2 unspecified atom stereocenters. The average Bonchev–Trinajstić information content (AvgIpc) is 3.13. The van der Waals surface area contributed by atoms with Crippen LogP contribution in [0.25, 0.3) is 0 Å². The van der Waals surface area contributed by atoms with E-state index in [1.807, 2.05) is 11.6 Å². The molecule has 1 heterocycles. The van der Waals surface area contributed by atoms with Crippen molar-refractivity contribution in [3.63, 3.8) is 0 Å². The van der Waals surface area contributed by atoms with E-state index in [2.05, 4.69) is 24.3 Å². The molecule has 5 nitrogen and oxygen atoms in total. The summed E-state index contributed by atoms with van der Waals surface area (Å²) in [4.78, 5) is 12.4. The summed E-state index contributed by atoms with van der Waals surface area (Å²) >= 11 is 0. The fourth-order valence-corrected chi connectivity index (χ4v) is 2.75. The zero-order valence-electron chi connectivity index (χ0n) is 13.5. The number of aliphatic hydroxyl groups is 1. The van der Waals surface area contributed by atoms with Gasteiger partial charge in [0.05, 0.1) is 23.6 Å². The second kappa shape index (κ2) is 6.60. The number of aromatic nitrogens is 2. The SMILES string of the molecule is CC(O)CC(C)CNC(=O)c1cnn(C(C)C)c1C1CC1. The molecule has 1 aromatic rings. The first kappa shape index (κ1) is 16.0. The highest BCUT2D eigenvalue weighted by Crippen LogP contribution is 2.42. The van der Waals surface area contributed by atoms with Crippen LogP contribution in [0.4, 0.5) is 0 Å². The van der Waals surface area contributed by atoms with Gasteiger partial charge in [-0.3, -0.25) is 9.48 Å². The van der Waals surface area contributed by atoms with Crippen LogP contribution in [0.2, 0.25) is 0 Å². The molecule has 1 fully saturated rings. The van der Waals surface area contributed by atoms with Gasteiger partial charge in [-0.1, -0.05) is 6.92 Å². The molecule has 1 amide bonds. The van der Waals surface area contributed by atoms with Gasteiger partial charge in [-0.2, -0.15) is 5.10 Å². The first-order valence-corrected chi connectivity index (χ1v) is 7.93. The Balaban J connectivity index is 2.02. The molecule has 1 saturated carbocycles. The van der Waals surface area contributed by atoms with Crippen molar-refractivity contribution in [2.45, 2.75) is 65.0 Å². The summed E-state index contributed by atoms with van der Waals surface area (Å²) in [7, 11) is 0. The number of aliphatic hydroxyl groups excluding tert-OH is 1. The second-order valence-corrected chi connectivity index (χ2v) is 6.66. The zero-order valence-corrected chi connectivity index (χ0v) is 13.5. The standard InChI is InChI=1S/C16H27N3O2/c1-10(2)19-15(13-5-6-13)14(9-18-19)16(21)17-8-11(3)7-12(4)20/h9-13,20H,5-8H2,1-4H3,(H,17,21). The van der Waals surface area contributed by atoms with Gasteiger partial charge in [-0.25, -0.2) is 0 Å². The fraction of sp³-hybridized carbons (Fsp3) is 0.750. The Labute approximate surface area is 126 Å². The topological polar surface area (TPSA) is 67.2 Å². The van der Waals surface area contributed by atoms with Crippen molar-refractivity contribution in [1.82, 2.24) is 15.1 Å². The maximum Gasteiger partial charge on any atom is 0.254 e. The molecule has 1 aromatic heterocycles. The largest absolute Gasteiger partial charge is 0.393 e. The minimum atomic E-state index is -0.331. The van der Waals surface area contributed by atoms with Gasteiger partial charge in [0.1, 0.15) is 0 Å². The highest BCUT2D eigenvalue weighted by atomic mass is 16.3. The molecule has 0 aliphatic heterocycles. The van der Waals surface area contributed by atoms with Crippen LogP contribution in [0.3, 0.4) is 0 Å². The van der Waals surface area contributed by atoms with Crippen LogP contribution in [0.15, 0.2) is 6.20 Å². The van der Waals surface area contributed by atoms with Crippen molar-refractivity contribution in [3.05, 3.63) is 17.5 Å². The molecule has 2 N–H and O–H groups in total. The Hall–Kier alpha value is -1.36. The summed E-state index contributed by atoms with van der Waals surface area (Å²) < 4.78 is 1.98. The third-order valence-electron chi connectivity index (χ3n) is 3.89. The van der Waals surface area contributed by atoms with Gasteiger partial charge >= 0.3 is 0 Å². The quantitative estimate of drug-likeness (QED) is 0.811. The molecular weight excluding hydrogens is 266 g/mol. The minimum Gasteiger partial charge on any atom is -0.393 e. The van der Waals surface area contributed by atoms with Crippen molar-refractivity contribution in [2.24, 2.45) is 5.92 Å². The van der Waals surface area contributed by atoms with Crippen LogP contribution < -0.4 is 5.32 Å². The van der Waals surface area contributed by atoms with Gasteiger partial charge in [0.15, 0.2) is 0 Å². The average molecular weight is 293 g/mol. The molecule has 0 aromatic carbocycles. The van der Waals surface area contributed by atoms with Crippen LogP contribution in [0.5, 0.6) is 0 Å². The normalized spacial score (nSPS) is 17.8. The number of hydrogen-bond donors (Lipinski definition) is 2. The van der Waals surface area contributed by atoms with Crippen molar-refractivity contribution >= 4 is 5.91 Å². The number of nitrogens with one attached hydrogen (secondary N) is 1. The van der Waals surface area contributed by atoms with E-state index in [-0.39, 0.29) is 24.0 Å². The van der Waals surface area contributed by atoms with Crippen molar-refractivity contribution in [1.29, 1.82) is 0 Å². The van der Waals surface area contributed by atoms with E-state index in [9.17, 15) is 9.90 Å². The van der Waals surface area contributed by atoms with E-state index in [1.54, 1.807) is 13.1 Å². The first-order chi connectivity index (χ1) is 9.90. The second-order valence-electron chi connectivity index (χ2n) is 6.66. The Morgan fingerprint density at radius 2 is 2.10 bits per heavy atom. The summed E-state index contributed by atoms with van der Waals surface area (Å²) in [6.07, 6.45) is 4.36. The fourth-order valence-electron chi connectivity index (χ4n) is 2.75. The summed E-state index contributed by atoms with van der Waals surface area (Å²) in [5, 5.41) is 16.7. The minimum absolute atomic E-state index is 0.0405. The number of carbonyl (C=O) groups is 1. The van der Waals surface area contributed by atoms with Gasteiger partial charge in [-0.15, -0.1) is 0 Å². The predicted molar refractivity (Wildman–Crippen MR) is 82.4 cm³/mol. The van der Waals surface area contributed by atoms with Gasteiger partial charge in [0.2, 0.25) is 0 Å². The van der Waals surface area contributed by atoms with E-state index in [1.165, 1.54) is 0 Å². The molecule has 0 radical (unpaired) electrons. The third-order valence-corrected chi connectivity index (χ3v) is 3.89. The lowest BCUT2D eigenvalue weighted by molar-refractivity contribution is 0.0938. The number of carbonyl (C=O) groups excluding carboxylic acids is 1. The van der Waals surface area contributed by atoms with Gasteiger partial charge in [0.25, 0.3) is 5.91 Å². The van der Waals surface area contributed by atoms with Crippen molar-refractivity contribution in [2.75, 3.05) is 6.54 Å². The Kier molecular flexibility index (Phi) is 5.04. The van der Waals surface area contributed by atoms with Crippen LogP contribution in [0.1, 0.15) is 75.0 Å². The van der Waals surface area contributed by atoms with Gasteiger partial charge < -0.3 is 10.4 Å². The predicted octanol–water partition coefficient (Wildman–Crippen LogP) is 2.48. The lowest BCUT2D eigenvalue weighted by atomic mass is 10.0. The molecule has 1 aliphatic carbocycles. The van der Waals surface area contributed by atoms with Crippen LogP contribution in [-0.4, -0.2) is 33.4 Å². The zero-order chi connectivity index (χ0) is 15.6. The summed E-state index contributed by atoms with van der Waals surface area (Å²) in [6, 6.07) is 0.274. The highest BCUT2D eigenvalue weighted by molar-refractivity contribution is 5.95. The van der Waals surface area contributed by atoms with Crippen molar-refractivity contribution in [3.8, 4) is 0 Å². The lowest BCUT2D eigenvalue weighted by Crippen LogP contribution is -2.30. The van der Waals surface area contributed by atoms with Gasteiger partial charge in [-0.05, 0) is 46.0 Å². The van der Waals surface area contributed by atoms with Gasteiger partial charge in [0, 0.05) is 18.5 Å². The smallest absolute Gasteiger partial charge is 0.254 e. The van der Waals surface area contributed by atoms with Crippen LogP contribution in [0, 0.1) is 5.92 Å². The van der Waals surface area contributed by atoms with Crippen molar-refractivity contribution < 1.29 is 9.90 Å². The lowest BCUT2D eigenvalue weighted by Gasteiger charge is -2.15. The molecule has 2 rings (SSSR count). The number of hydrogen-bond acceptors (Lipinski definition) is 3. The Morgan fingerprint density at radius 3 is 2.62 bits per heavy atom. The van der Waals surface area contributed by atoms with E-state index in [4.69, 9.17) is 0 Å². The maximum absolute atomic E-state index is 12.4. The molecular formula is C16H27N3O2. The van der Waals surface area contributed by atoms with E-state index >= 15 is 0 Å². The summed E-state index contributed by atoms with van der Waals surface area (Å²) in [5.74, 6) is 0.713. The number of amides is 1. The van der Waals surface area contributed by atoms with Crippen LogP contribution >= 0.6 is 0 Å². The summed E-state index contributed by atoms with van der Waals surface area (Å²) in [5.41, 5.74) is 1.81. The van der Waals surface area contributed by atoms with E-state index in [0.29, 0.717) is 18.9 Å². The first-order valence-electron chi connectivity index (χ1n) is 7.93. The third kappa shape index (κ3) is 4.06. The highest BCUT2D eigenvalue weighted by Gasteiger charge is 2.32. The summed E-state index contributed by atoms with van der Waals surface area (Å²) in [6.45, 7) is 8.57. The van der Waals surface area contributed by atoms with E-state index < -0.39 is 0 Å². The molecule has 21 heavy (non-hydrogen) atoms. The molecule has 0 saturated heterocycles. The monoisotopic (exact) mass is 293 g/mol. The molecule has 2 atom stereocenters. The Morgan fingerprint density at radius 1 is 1.43 bits per heavy atom. The van der Waals surface area contributed by atoms with Crippen LogP contribution in [-0.2, 0) is 0 Å². The van der Waals surface area contributed by atoms with E-state index in [0.717, 1.165) is 24.1 Å².